The number of halogens is 3. The molecule has 166 valence electrons. The number of allylic oxidation sites excluding steroid dienone is 1. The van der Waals surface area contributed by atoms with Crippen molar-refractivity contribution in [3.8, 4) is 0 Å². The van der Waals surface area contributed by atoms with Crippen molar-refractivity contribution in [1.29, 1.82) is 0 Å². The molecule has 1 aromatic carbocycles. The minimum absolute atomic E-state index is 0. The summed E-state index contributed by atoms with van der Waals surface area (Å²) in [6.07, 6.45) is 5.76. The number of hydrogen-bond donors (Lipinski definition) is 4. The van der Waals surface area contributed by atoms with Gasteiger partial charge in [0, 0.05) is 31.1 Å². The van der Waals surface area contributed by atoms with E-state index in [1.54, 1.807) is 6.20 Å². The summed E-state index contributed by atoms with van der Waals surface area (Å²) in [7, 11) is 0. The van der Waals surface area contributed by atoms with Crippen molar-refractivity contribution in [2.75, 3.05) is 6.54 Å². The van der Waals surface area contributed by atoms with Crippen LogP contribution in [0, 0.1) is 0 Å². The van der Waals surface area contributed by atoms with Crippen LogP contribution in [0.2, 0.25) is 0 Å². The number of rotatable bonds is 5. The Kier molecular flexibility index (Phi) is 9.53. The van der Waals surface area contributed by atoms with Crippen LogP contribution in [0.1, 0.15) is 24.8 Å². The van der Waals surface area contributed by atoms with Crippen LogP contribution in [-0.2, 0) is 4.79 Å². The van der Waals surface area contributed by atoms with Gasteiger partial charge in [-0.05, 0) is 18.4 Å². The molecule has 1 amide bonds. The molecule has 0 radical (unpaired) electrons. The third-order valence-corrected chi connectivity index (χ3v) is 6.44. The van der Waals surface area contributed by atoms with Gasteiger partial charge in [-0.3, -0.25) is 9.79 Å². The summed E-state index contributed by atoms with van der Waals surface area (Å²) in [5.74, 6) is -2.66. The molecule has 1 aromatic rings. The monoisotopic (exact) mass is 494 g/mol. The molecule has 7 nitrogen and oxygen atoms in total. The topological polar surface area (TPSA) is 111 Å². The van der Waals surface area contributed by atoms with E-state index in [9.17, 15) is 15.0 Å². The van der Waals surface area contributed by atoms with Gasteiger partial charge in [-0.2, -0.15) is 0 Å². The standard InChI is InChI=1S/C19H22N4O3S.3ClH/c20-17(24)18-22-15(12-5-2-1-3-6-12)16(27-18)19(25,26)14-7-4-10-23(14)13-8-9-21-11-13;;;/h1-3,5-6,9,11,14,18,22,25-26H,4,7-8,10H2,(H2,20,24);3*1H/t14-,18?;;;/m0.../s1. The summed E-state index contributed by atoms with van der Waals surface area (Å²) in [6.45, 7) is 0.744. The fraction of sp³-hybridized carbons (Fsp3) is 0.368. The maximum Gasteiger partial charge on any atom is 0.250 e. The molecule has 3 aliphatic rings. The smallest absolute Gasteiger partial charge is 0.250 e. The summed E-state index contributed by atoms with van der Waals surface area (Å²) in [6, 6.07) is 8.82. The summed E-state index contributed by atoms with van der Waals surface area (Å²) in [5.41, 5.74) is 7.78. The molecular weight excluding hydrogens is 471 g/mol. The molecule has 0 aliphatic carbocycles. The Morgan fingerprint density at radius 1 is 1.23 bits per heavy atom. The normalized spacial score (nSPS) is 22.6. The van der Waals surface area contributed by atoms with Crippen molar-refractivity contribution in [3.05, 3.63) is 52.7 Å². The number of carbonyl (C=O) groups excluding carboxylic acids is 1. The number of aliphatic imine (C=N–C) groups is 1. The van der Waals surface area contributed by atoms with E-state index in [1.807, 2.05) is 41.4 Å². The first-order chi connectivity index (χ1) is 13.0. The maximum absolute atomic E-state index is 11.8. The van der Waals surface area contributed by atoms with Gasteiger partial charge in [-0.1, -0.05) is 42.1 Å². The van der Waals surface area contributed by atoms with E-state index >= 15 is 0 Å². The van der Waals surface area contributed by atoms with Crippen LogP contribution in [-0.4, -0.2) is 51.0 Å². The average Bonchev–Trinajstić information content (AvgIpc) is 3.41. The largest absolute Gasteiger partial charge is 0.367 e. The van der Waals surface area contributed by atoms with Crippen molar-refractivity contribution in [2.24, 2.45) is 10.7 Å². The molecule has 0 spiro atoms. The minimum Gasteiger partial charge on any atom is -0.367 e. The summed E-state index contributed by atoms with van der Waals surface area (Å²) in [4.78, 5) is 18.2. The molecule has 3 heterocycles. The van der Waals surface area contributed by atoms with Gasteiger partial charge in [0.25, 0.3) is 5.91 Å². The van der Waals surface area contributed by atoms with Gasteiger partial charge in [0.05, 0.1) is 16.6 Å². The lowest BCUT2D eigenvalue weighted by Gasteiger charge is -2.37. The molecule has 4 rings (SSSR count). The molecule has 1 unspecified atom stereocenters. The van der Waals surface area contributed by atoms with Crippen LogP contribution in [0.5, 0.6) is 0 Å². The highest BCUT2D eigenvalue weighted by atomic mass is 35.5. The molecule has 1 fully saturated rings. The zero-order valence-electron chi connectivity index (χ0n) is 15.9. The van der Waals surface area contributed by atoms with Gasteiger partial charge >= 0.3 is 0 Å². The predicted molar refractivity (Wildman–Crippen MR) is 127 cm³/mol. The lowest BCUT2D eigenvalue weighted by Crippen LogP contribution is -2.50. The molecule has 2 atom stereocenters. The summed E-state index contributed by atoms with van der Waals surface area (Å²) < 4.78 is 0. The molecule has 0 saturated carbocycles. The molecule has 0 bridgehead atoms. The molecule has 0 aromatic heterocycles. The maximum atomic E-state index is 11.8. The van der Waals surface area contributed by atoms with Crippen molar-refractivity contribution >= 4 is 66.8 Å². The number of nitrogens with one attached hydrogen (secondary N) is 1. The molecule has 1 saturated heterocycles. The SMILES string of the molecule is Cl.Cl.Cl.NC(=O)C1NC(c2ccccc2)=C(C(O)(O)[C@@H]2CCCN2C2=CN=CC2)S1. The highest BCUT2D eigenvalue weighted by Crippen LogP contribution is 2.45. The van der Waals surface area contributed by atoms with Crippen LogP contribution in [0.3, 0.4) is 0 Å². The van der Waals surface area contributed by atoms with Crippen molar-refractivity contribution in [1.82, 2.24) is 10.2 Å². The van der Waals surface area contributed by atoms with Crippen LogP contribution < -0.4 is 11.1 Å². The van der Waals surface area contributed by atoms with E-state index in [2.05, 4.69) is 10.3 Å². The van der Waals surface area contributed by atoms with E-state index in [0.717, 1.165) is 36.0 Å². The van der Waals surface area contributed by atoms with E-state index in [0.29, 0.717) is 23.4 Å². The number of aliphatic hydroxyl groups is 2. The van der Waals surface area contributed by atoms with Crippen LogP contribution in [0.15, 0.2) is 52.1 Å². The van der Waals surface area contributed by atoms with Gasteiger partial charge in [-0.15, -0.1) is 37.2 Å². The number of nitrogens with zero attached hydrogens (tertiary/aromatic N) is 2. The lowest BCUT2D eigenvalue weighted by atomic mass is 10.00. The van der Waals surface area contributed by atoms with Crippen molar-refractivity contribution in [2.45, 2.75) is 36.5 Å². The summed E-state index contributed by atoms with van der Waals surface area (Å²) >= 11 is 1.08. The second-order valence-corrected chi connectivity index (χ2v) is 7.96. The summed E-state index contributed by atoms with van der Waals surface area (Å²) in [5, 5.41) is 24.8. The Morgan fingerprint density at radius 2 is 1.93 bits per heavy atom. The number of hydrogen-bond acceptors (Lipinski definition) is 7. The van der Waals surface area contributed by atoms with Gasteiger partial charge in [0.15, 0.2) is 5.37 Å². The number of thioether (sulfide) groups is 1. The quantitative estimate of drug-likeness (QED) is 0.466. The van der Waals surface area contributed by atoms with Gasteiger partial charge in [0.2, 0.25) is 5.79 Å². The van der Waals surface area contributed by atoms with Crippen molar-refractivity contribution in [3.63, 3.8) is 0 Å². The fourth-order valence-corrected chi connectivity index (χ4v) is 4.96. The molecule has 5 N–H and O–H groups in total. The van der Waals surface area contributed by atoms with Crippen molar-refractivity contribution < 1.29 is 15.0 Å². The van der Waals surface area contributed by atoms with Gasteiger partial charge < -0.3 is 26.2 Å². The molecule has 11 heteroatoms. The Hall–Kier alpha value is -1.42. The average molecular weight is 496 g/mol. The third-order valence-electron chi connectivity index (χ3n) is 5.11. The van der Waals surface area contributed by atoms with Crippen LogP contribution in [0.25, 0.3) is 5.70 Å². The fourth-order valence-electron chi connectivity index (χ4n) is 3.83. The number of nitrogens with two attached hydrogens (primary N) is 1. The first-order valence-corrected chi connectivity index (χ1v) is 9.81. The molecular formula is C19H25Cl3N4O3S. The zero-order chi connectivity index (χ0) is 19.0. The molecule has 30 heavy (non-hydrogen) atoms. The van der Waals surface area contributed by atoms with Gasteiger partial charge in [-0.25, -0.2) is 0 Å². The van der Waals surface area contributed by atoms with E-state index in [1.165, 1.54) is 0 Å². The van der Waals surface area contributed by atoms with E-state index in [-0.39, 0.29) is 37.2 Å². The van der Waals surface area contributed by atoms with E-state index in [4.69, 9.17) is 5.73 Å². The second-order valence-electron chi connectivity index (χ2n) is 6.85. The first-order valence-electron chi connectivity index (χ1n) is 8.93. The Morgan fingerprint density at radius 3 is 2.53 bits per heavy atom. The Balaban J connectivity index is 0.00000150. The third kappa shape index (κ3) is 4.90. The number of primary amides is 1. The zero-order valence-corrected chi connectivity index (χ0v) is 19.2. The second kappa shape index (κ2) is 10.7. The number of carbonyl (C=O) groups is 1. The first kappa shape index (κ1) is 26.6. The highest BCUT2D eigenvalue weighted by molar-refractivity contribution is 8.04. The highest BCUT2D eigenvalue weighted by Gasteiger charge is 2.49. The number of likely N-dealkylation sites (tertiary alicyclic amines) is 1. The minimum atomic E-state index is -2.12. The molecule has 3 aliphatic heterocycles. The Bertz CT molecular complexity index is 849. The van der Waals surface area contributed by atoms with Gasteiger partial charge in [0.1, 0.15) is 0 Å². The van der Waals surface area contributed by atoms with Crippen LogP contribution >= 0.6 is 49.0 Å². The Labute approximate surface area is 198 Å². The predicted octanol–water partition coefficient (Wildman–Crippen LogP) is 2.23. The number of amides is 1. The number of benzene rings is 1. The van der Waals surface area contributed by atoms with E-state index < -0.39 is 23.1 Å². The van der Waals surface area contributed by atoms with Crippen LogP contribution in [0.4, 0.5) is 0 Å². The lowest BCUT2D eigenvalue weighted by molar-refractivity contribution is -0.160.